The number of carbonyl (C=O) groups is 1. The van der Waals surface area contributed by atoms with Crippen molar-refractivity contribution < 1.29 is 9.18 Å². The number of rotatable bonds is 3. The van der Waals surface area contributed by atoms with E-state index in [2.05, 4.69) is 24.0 Å². The van der Waals surface area contributed by atoms with Gasteiger partial charge >= 0.3 is 0 Å². The fraction of sp³-hybridized carbons (Fsp3) is 0.231. The molecule has 1 saturated heterocycles. The van der Waals surface area contributed by atoms with Crippen molar-refractivity contribution in [2.45, 2.75) is 6.92 Å². The molecule has 0 saturated carbocycles. The quantitative estimate of drug-likeness (QED) is 0.477. The number of carbonyl (C=O) groups excluding carboxylic acids is 1. The number of nitrogens with zero attached hydrogens (tertiary/aromatic N) is 4. The first-order chi connectivity index (χ1) is 15.5. The molecule has 0 bridgehead atoms. The van der Waals surface area contributed by atoms with Crippen LogP contribution < -0.4 is 4.90 Å². The minimum Gasteiger partial charge on any atom is -0.368 e. The summed E-state index contributed by atoms with van der Waals surface area (Å²) in [6, 6.07) is 18.5. The molecule has 2 aromatic carbocycles. The van der Waals surface area contributed by atoms with Crippen LogP contribution in [0.3, 0.4) is 0 Å². The number of aryl methyl sites for hydroxylation is 2. The third-order valence-corrected chi connectivity index (χ3v) is 6.23. The maximum atomic E-state index is 14.1. The van der Waals surface area contributed by atoms with Gasteiger partial charge in [-0.2, -0.15) is 0 Å². The number of halogens is 1. The van der Waals surface area contributed by atoms with Crippen molar-refractivity contribution in [3.05, 3.63) is 83.8 Å². The summed E-state index contributed by atoms with van der Waals surface area (Å²) < 4.78 is 16.0. The molecule has 5 nitrogen and oxygen atoms in total. The molecule has 0 N–H and O–H groups in total. The number of pyridine rings is 1. The Morgan fingerprint density at radius 1 is 0.969 bits per heavy atom. The topological polar surface area (TPSA) is 41.4 Å². The van der Waals surface area contributed by atoms with Crippen LogP contribution in [-0.4, -0.2) is 46.5 Å². The highest BCUT2D eigenvalue weighted by molar-refractivity contribution is 6.07. The number of anilines is 1. The molecule has 0 unspecified atom stereocenters. The van der Waals surface area contributed by atoms with Crippen molar-refractivity contribution in [3.8, 4) is 11.4 Å². The van der Waals surface area contributed by atoms with Crippen LogP contribution in [-0.2, 0) is 7.05 Å². The summed E-state index contributed by atoms with van der Waals surface area (Å²) in [5, 5.41) is 0.550. The number of benzene rings is 2. The van der Waals surface area contributed by atoms with E-state index in [1.54, 1.807) is 12.1 Å². The molecule has 5 rings (SSSR count). The second-order valence-electron chi connectivity index (χ2n) is 8.29. The number of hydrogen-bond donors (Lipinski definition) is 0. The molecule has 0 aliphatic carbocycles. The van der Waals surface area contributed by atoms with Crippen molar-refractivity contribution in [2.24, 2.45) is 7.05 Å². The normalized spacial score (nSPS) is 14.2. The van der Waals surface area contributed by atoms with Crippen molar-refractivity contribution in [1.29, 1.82) is 0 Å². The smallest absolute Gasteiger partial charge is 0.254 e. The molecular formula is C26H25FN4O. The fourth-order valence-corrected chi connectivity index (χ4v) is 4.47. The van der Waals surface area contributed by atoms with E-state index in [1.807, 2.05) is 47.0 Å². The van der Waals surface area contributed by atoms with Gasteiger partial charge in [-0.05, 0) is 55.0 Å². The van der Waals surface area contributed by atoms with Gasteiger partial charge in [0.15, 0.2) is 0 Å². The monoisotopic (exact) mass is 428 g/mol. The summed E-state index contributed by atoms with van der Waals surface area (Å²) in [5.74, 6) is -0.452. The zero-order chi connectivity index (χ0) is 22.2. The Balaban J connectivity index is 1.47. The molecule has 1 aliphatic heterocycles. The van der Waals surface area contributed by atoms with Gasteiger partial charge in [-0.3, -0.25) is 4.79 Å². The summed E-state index contributed by atoms with van der Waals surface area (Å²) in [7, 11) is 1.94. The molecule has 1 aliphatic rings. The van der Waals surface area contributed by atoms with Gasteiger partial charge in [0.2, 0.25) is 0 Å². The highest BCUT2D eigenvalue weighted by Gasteiger charge is 2.25. The average Bonchev–Trinajstić information content (AvgIpc) is 3.24. The number of hydrogen-bond acceptors (Lipinski definition) is 3. The predicted octanol–water partition coefficient (Wildman–Crippen LogP) is 4.65. The molecule has 3 heterocycles. The Bertz CT molecular complexity index is 1300. The standard InChI is InChI=1S/C26H25FN4O/c1-18-6-3-4-7-24(18)30-12-14-31(15-13-30)26(32)21-17-23(25-8-5-11-29(25)2)28-22-10-9-19(27)16-20(21)22/h3-11,16-17H,12-15H2,1-2H3. The van der Waals surface area contributed by atoms with E-state index < -0.39 is 0 Å². The Morgan fingerprint density at radius 2 is 1.75 bits per heavy atom. The summed E-state index contributed by atoms with van der Waals surface area (Å²) in [6.07, 6.45) is 1.94. The van der Waals surface area contributed by atoms with Crippen LogP contribution in [0.5, 0.6) is 0 Å². The Morgan fingerprint density at radius 3 is 2.47 bits per heavy atom. The number of piperazine rings is 1. The molecule has 1 fully saturated rings. The van der Waals surface area contributed by atoms with E-state index in [1.165, 1.54) is 23.4 Å². The Kier molecular flexibility index (Phi) is 5.13. The van der Waals surface area contributed by atoms with Gasteiger partial charge in [0.05, 0.1) is 22.5 Å². The third-order valence-electron chi connectivity index (χ3n) is 6.23. The molecular weight excluding hydrogens is 403 g/mol. The van der Waals surface area contributed by atoms with E-state index in [0.717, 1.165) is 18.8 Å². The first-order valence-electron chi connectivity index (χ1n) is 10.8. The molecule has 4 aromatic rings. The number of amides is 1. The summed E-state index contributed by atoms with van der Waals surface area (Å²) in [4.78, 5) is 22.5. The third kappa shape index (κ3) is 3.62. The second-order valence-corrected chi connectivity index (χ2v) is 8.29. The van der Waals surface area contributed by atoms with E-state index >= 15 is 0 Å². The minimum atomic E-state index is -0.371. The molecule has 2 aromatic heterocycles. The zero-order valence-electron chi connectivity index (χ0n) is 18.3. The lowest BCUT2D eigenvalue weighted by Gasteiger charge is -2.37. The van der Waals surface area contributed by atoms with E-state index in [-0.39, 0.29) is 11.7 Å². The van der Waals surface area contributed by atoms with Gasteiger partial charge in [-0.25, -0.2) is 9.37 Å². The highest BCUT2D eigenvalue weighted by Crippen LogP contribution is 2.28. The fourth-order valence-electron chi connectivity index (χ4n) is 4.47. The van der Waals surface area contributed by atoms with Crippen LogP contribution in [0.15, 0.2) is 66.9 Å². The van der Waals surface area contributed by atoms with Gasteiger partial charge in [-0.1, -0.05) is 18.2 Å². The maximum Gasteiger partial charge on any atom is 0.254 e. The predicted molar refractivity (Wildman–Crippen MR) is 125 cm³/mol. The van der Waals surface area contributed by atoms with Gasteiger partial charge in [-0.15, -0.1) is 0 Å². The number of aromatic nitrogens is 2. The lowest BCUT2D eigenvalue weighted by Crippen LogP contribution is -2.49. The molecule has 162 valence electrons. The van der Waals surface area contributed by atoms with Gasteiger partial charge in [0.1, 0.15) is 5.82 Å². The summed E-state index contributed by atoms with van der Waals surface area (Å²) >= 11 is 0. The van der Waals surface area contributed by atoms with Crippen molar-refractivity contribution in [1.82, 2.24) is 14.5 Å². The number of fused-ring (bicyclic) bond motifs is 1. The van der Waals surface area contributed by atoms with Crippen LogP contribution in [0.2, 0.25) is 0 Å². The van der Waals surface area contributed by atoms with Gasteiger partial charge in [0.25, 0.3) is 5.91 Å². The molecule has 0 radical (unpaired) electrons. The number of para-hydroxylation sites is 1. The molecule has 6 heteroatoms. The van der Waals surface area contributed by atoms with Crippen molar-refractivity contribution >= 4 is 22.5 Å². The van der Waals surface area contributed by atoms with Crippen LogP contribution in [0.1, 0.15) is 15.9 Å². The van der Waals surface area contributed by atoms with Crippen LogP contribution in [0.4, 0.5) is 10.1 Å². The first kappa shape index (κ1) is 20.2. The second kappa shape index (κ2) is 8.11. The van der Waals surface area contributed by atoms with Crippen molar-refractivity contribution in [2.75, 3.05) is 31.1 Å². The average molecular weight is 429 g/mol. The summed E-state index contributed by atoms with van der Waals surface area (Å²) in [5.41, 5.74) is 5.17. The highest BCUT2D eigenvalue weighted by atomic mass is 19.1. The zero-order valence-corrected chi connectivity index (χ0v) is 18.3. The van der Waals surface area contributed by atoms with Crippen LogP contribution >= 0.6 is 0 Å². The largest absolute Gasteiger partial charge is 0.368 e. The Hall–Kier alpha value is -3.67. The van der Waals surface area contributed by atoms with Crippen LogP contribution in [0, 0.1) is 12.7 Å². The molecule has 0 spiro atoms. The Labute approximate surface area is 186 Å². The van der Waals surface area contributed by atoms with Crippen molar-refractivity contribution in [3.63, 3.8) is 0 Å². The van der Waals surface area contributed by atoms with E-state index in [0.29, 0.717) is 35.2 Å². The molecule has 32 heavy (non-hydrogen) atoms. The first-order valence-corrected chi connectivity index (χ1v) is 10.8. The van der Waals surface area contributed by atoms with E-state index in [4.69, 9.17) is 4.98 Å². The van der Waals surface area contributed by atoms with Gasteiger partial charge < -0.3 is 14.4 Å². The lowest BCUT2D eigenvalue weighted by molar-refractivity contribution is 0.0748. The van der Waals surface area contributed by atoms with Crippen LogP contribution in [0.25, 0.3) is 22.3 Å². The molecule has 1 amide bonds. The van der Waals surface area contributed by atoms with Gasteiger partial charge in [0, 0.05) is 50.5 Å². The lowest BCUT2D eigenvalue weighted by atomic mass is 10.0. The SMILES string of the molecule is Cc1ccccc1N1CCN(C(=O)c2cc(-c3cccn3C)nc3ccc(F)cc23)CC1. The summed E-state index contributed by atoms with van der Waals surface area (Å²) in [6.45, 7) is 4.87. The van der Waals surface area contributed by atoms with E-state index in [9.17, 15) is 9.18 Å². The molecule has 0 atom stereocenters. The minimum absolute atomic E-state index is 0.0807. The maximum absolute atomic E-state index is 14.1.